The van der Waals surface area contributed by atoms with Gasteiger partial charge in [0.1, 0.15) is 0 Å². The molecule has 0 saturated carbocycles. The zero-order valence-corrected chi connectivity index (χ0v) is 12.8. The number of rotatable bonds is 2. The third kappa shape index (κ3) is 2.36. The third-order valence-corrected chi connectivity index (χ3v) is 5.59. The molecule has 4 rings (SSSR count). The van der Waals surface area contributed by atoms with Gasteiger partial charge in [-0.2, -0.15) is 0 Å². The van der Waals surface area contributed by atoms with E-state index in [1.54, 1.807) is 0 Å². The molecule has 4 aromatic carbocycles. The normalized spacial score (nSPS) is 10.7. The molecular formula is C20H14Al+. The molecule has 0 amide bonds. The van der Waals surface area contributed by atoms with Crippen LogP contribution in [0.2, 0.25) is 0 Å². The van der Waals surface area contributed by atoms with Gasteiger partial charge < -0.3 is 0 Å². The van der Waals surface area contributed by atoms with Crippen molar-refractivity contribution < 1.29 is 0 Å². The maximum absolute atomic E-state index is 2.28. The van der Waals surface area contributed by atoms with Crippen molar-refractivity contribution in [2.75, 3.05) is 0 Å². The van der Waals surface area contributed by atoms with E-state index in [2.05, 4.69) is 84.9 Å². The fourth-order valence-electron chi connectivity index (χ4n) is 2.92. The molecule has 0 nitrogen and oxygen atoms in total. The fraction of sp³-hybridized carbons (Fsp3) is 0. The van der Waals surface area contributed by atoms with Crippen LogP contribution in [-0.2, 0) is 0 Å². The van der Waals surface area contributed by atoms with Crippen molar-refractivity contribution in [2.45, 2.75) is 0 Å². The summed E-state index contributed by atoms with van der Waals surface area (Å²) in [5, 5.41) is 5.45. The van der Waals surface area contributed by atoms with Crippen LogP contribution in [-0.4, -0.2) is 15.2 Å². The molecule has 0 aliphatic heterocycles. The Kier molecular flexibility index (Phi) is 3.24. The van der Waals surface area contributed by atoms with E-state index in [1.807, 2.05) is 0 Å². The monoisotopic (exact) mass is 281 g/mol. The SMILES string of the molecule is c1ccc2[c]([Al+][c]3cccc4ccccc34)cccc2c1. The zero-order chi connectivity index (χ0) is 14.1. The molecule has 0 atom stereocenters. The van der Waals surface area contributed by atoms with Crippen LogP contribution < -0.4 is 8.85 Å². The molecule has 0 spiro atoms. The van der Waals surface area contributed by atoms with Crippen LogP contribution in [0.1, 0.15) is 0 Å². The van der Waals surface area contributed by atoms with Gasteiger partial charge in [0, 0.05) is 0 Å². The molecule has 0 heterocycles. The van der Waals surface area contributed by atoms with E-state index in [1.165, 1.54) is 30.4 Å². The van der Waals surface area contributed by atoms with Crippen LogP contribution in [0, 0.1) is 0 Å². The van der Waals surface area contributed by atoms with E-state index < -0.39 is 0 Å². The Bertz CT molecular complexity index is 837. The van der Waals surface area contributed by atoms with Crippen LogP contribution in [0.15, 0.2) is 84.9 Å². The van der Waals surface area contributed by atoms with E-state index in [4.69, 9.17) is 0 Å². The Morgan fingerprint density at radius 3 is 1.38 bits per heavy atom. The third-order valence-electron chi connectivity index (χ3n) is 3.96. The molecule has 0 aliphatic carbocycles. The molecule has 0 bridgehead atoms. The molecule has 0 unspecified atom stereocenters. The second-order valence-corrected chi connectivity index (χ2v) is 6.81. The van der Waals surface area contributed by atoms with E-state index in [0.717, 1.165) is 0 Å². The van der Waals surface area contributed by atoms with Gasteiger partial charge in [-0.15, -0.1) is 0 Å². The standard InChI is InChI=1S/2C10H7.Al/c2*1-2-6-10-8-4-3-7-9(10)5-1;/h2*1-7H;/q;;+1. The minimum absolute atomic E-state index is 0.103. The van der Waals surface area contributed by atoms with Crippen molar-refractivity contribution in [3.8, 4) is 0 Å². The predicted molar refractivity (Wildman–Crippen MR) is 92.9 cm³/mol. The van der Waals surface area contributed by atoms with Crippen molar-refractivity contribution >= 4 is 45.6 Å². The van der Waals surface area contributed by atoms with Gasteiger partial charge in [-0.1, -0.05) is 0 Å². The number of hydrogen-bond donors (Lipinski definition) is 0. The zero-order valence-electron chi connectivity index (χ0n) is 11.7. The summed E-state index contributed by atoms with van der Waals surface area (Å²) in [5.41, 5.74) is 0. The fourth-order valence-corrected chi connectivity index (χ4v) is 4.51. The summed E-state index contributed by atoms with van der Waals surface area (Å²) in [6.45, 7) is 0. The molecule has 21 heavy (non-hydrogen) atoms. The number of benzene rings is 4. The Morgan fingerprint density at radius 2 is 0.857 bits per heavy atom. The topological polar surface area (TPSA) is 0 Å². The van der Waals surface area contributed by atoms with Gasteiger partial charge in [0.25, 0.3) is 0 Å². The molecule has 0 saturated heterocycles. The first-order chi connectivity index (χ1) is 10.4. The summed E-state index contributed by atoms with van der Waals surface area (Å²) in [6, 6.07) is 30.7. The first-order valence-corrected chi connectivity index (χ1v) is 8.37. The molecule has 96 valence electrons. The van der Waals surface area contributed by atoms with Crippen LogP contribution in [0.5, 0.6) is 0 Å². The van der Waals surface area contributed by atoms with Crippen molar-refractivity contribution in [1.82, 2.24) is 0 Å². The van der Waals surface area contributed by atoms with E-state index in [9.17, 15) is 0 Å². The molecule has 0 aliphatic rings. The molecule has 0 aromatic heterocycles. The van der Waals surface area contributed by atoms with E-state index in [0.29, 0.717) is 0 Å². The van der Waals surface area contributed by atoms with Gasteiger partial charge in [0.2, 0.25) is 0 Å². The first-order valence-electron chi connectivity index (χ1n) is 7.22. The van der Waals surface area contributed by atoms with Gasteiger partial charge in [-0.25, -0.2) is 0 Å². The van der Waals surface area contributed by atoms with Gasteiger partial charge in [-0.3, -0.25) is 0 Å². The molecule has 1 heteroatoms. The summed E-state index contributed by atoms with van der Waals surface area (Å²) in [7, 11) is 0. The molecule has 0 N–H and O–H groups in total. The van der Waals surface area contributed by atoms with Gasteiger partial charge in [0.05, 0.1) is 0 Å². The second-order valence-electron chi connectivity index (χ2n) is 5.28. The second kappa shape index (κ2) is 5.37. The number of hydrogen-bond acceptors (Lipinski definition) is 0. The summed E-state index contributed by atoms with van der Waals surface area (Å²) in [4.78, 5) is 0. The van der Waals surface area contributed by atoms with E-state index in [-0.39, 0.29) is 15.2 Å². The summed E-state index contributed by atoms with van der Waals surface area (Å²) in [5.74, 6) is 0. The Balaban J connectivity index is 1.87. The van der Waals surface area contributed by atoms with Crippen LogP contribution in [0.4, 0.5) is 0 Å². The first kappa shape index (κ1) is 12.7. The average Bonchev–Trinajstić information content (AvgIpc) is 2.56. The van der Waals surface area contributed by atoms with E-state index >= 15 is 0 Å². The summed E-state index contributed by atoms with van der Waals surface area (Å²) in [6.07, 6.45) is 0. The number of fused-ring (bicyclic) bond motifs is 2. The van der Waals surface area contributed by atoms with Gasteiger partial charge in [-0.05, 0) is 0 Å². The van der Waals surface area contributed by atoms with Gasteiger partial charge in [0.15, 0.2) is 0 Å². The van der Waals surface area contributed by atoms with Crippen LogP contribution >= 0.6 is 0 Å². The van der Waals surface area contributed by atoms with Crippen molar-refractivity contribution in [1.29, 1.82) is 0 Å². The average molecular weight is 281 g/mol. The molecular weight excluding hydrogens is 267 g/mol. The quantitative estimate of drug-likeness (QED) is 0.492. The van der Waals surface area contributed by atoms with Crippen molar-refractivity contribution in [3.05, 3.63) is 84.9 Å². The molecule has 0 fully saturated rings. The minimum atomic E-state index is 0.103. The predicted octanol–water partition coefficient (Wildman–Crippen LogP) is 3.65. The maximum atomic E-state index is 2.28. The van der Waals surface area contributed by atoms with Crippen LogP contribution in [0.25, 0.3) is 21.5 Å². The summed E-state index contributed by atoms with van der Waals surface area (Å²) >= 11 is 0.103. The Hall–Kier alpha value is -2.07. The van der Waals surface area contributed by atoms with Crippen molar-refractivity contribution in [2.24, 2.45) is 0 Å². The van der Waals surface area contributed by atoms with Crippen molar-refractivity contribution in [3.63, 3.8) is 0 Å². The molecule has 4 aromatic rings. The Morgan fingerprint density at radius 1 is 0.429 bits per heavy atom. The van der Waals surface area contributed by atoms with Crippen LogP contribution in [0.3, 0.4) is 0 Å². The Labute approximate surface area is 130 Å². The summed E-state index contributed by atoms with van der Waals surface area (Å²) < 4.78 is 2.95. The molecule has 0 radical (unpaired) electrons. The van der Waals surface area contributed by atoms with Gasteiger partial charge >= 0.3 is 131 Å².